The number of amides is 1. The van der Waals surface area contributed by atoms with Crippen molar-refractivity contribution in [1.82, 2.24) is 14.5 Å². The second kappa shape index (κ2) is 12.2. The Labute approximate surface area is 269 Å². The standard InChI is InChI=1S/C34H39ClFN5O3S/c1-37-26-19-38(20-26)32-12-10-29(45(43,44)40-15-13-24(14-16-40)23-5-3-2-4-6-23)18-33(32)41-27-8-9-28(41)22-39(21-27)34(42)30-11-7-25(36)17-31(30)35/h2-7,10-12,17-18,24,26-28,37H,8-9,13-16,19-22H2,1H3/t27-,28+. The van der Waals surface area contributed by atoms with Gasteiger partial charge in [-0.15, -0.1) is 0 Å². The van der Waals surface area contributed by atoms with E-state index < -0.39 is 15.8 Å². The van der Waals surface area contributed by atoms with Crippen LogP contribution in [0.1, 0.15) is 47.5 Å². The maximum absolute atomic E-state index is 14.1. The van der Waals surface area contributed by atoms with Gasteiger partial charge < -0.3 is 20.0 Å². The summed E-state index contributed by atoms with van der Waals surface area (Å²) in [7, 11) is -1.73. The van der Waals surface area contributed by atoms with Crippen molar-refractivity contribution in [2.75, 3.05) is 56.1 Å². The highest BCUT2D eigenvalue weighted by molar-refractivity contribution is 7.89. The summed E-state index contributed by atoms with van der Waals surface area (Å²) in [6.45, 7) is 3.66. The zero-order valence-corrected chi connectivity index (χ0v) is 27.0. The molecule has 2 bridgehead atoms. The summed E-state index contributed by atoms with van der Waals surface area (Å²) < 4.78 is 43.4. The van der Waals surface area contributed by atoms with Gasteiger partial charge in [0.05, 0.1) is 26.9 Å². The van der Waals surface area contributed by atoms with Gasteiger partial charge in [-0.25, -0.2) is 12.8 Å². The minimum absolute atomic E-state index is 0.0339. The molecule has 0 aliphatic carbocycles. The lowest BCUT2D eigenvalue weighted by atomic mass is 9.90. The number of hydrogen-bond acceptors (Lipinski definition) is 6. The van der Waals surface area contributed by atoms with E-state index in [2.05, 4.69) is 27.2 Å². The van der Waals surface area contributed by atoms with E-state index in [4.69, 9.17) is 11.6 Å². The number of carbonyl (C=O) groups excluding carboxylic acids is 1. The van der Waals surface area contributed by atoms with Crippen LogP contribution in [-0.4, -0.2) is 88.0 Å². The molecule has 238 valence electrons. The van der Waals surface area contributed by atoms with Gasteiger partial charge in [-0.1, -0.05) is 41.9 Å². The summed E-state index contributed by atoms with van der Waals surface area (Å²) in [6.07, 6.45) is 3.39. The van der Waals surface area contributed by atoms with Crippen LogP contribution in [0.3, 0.4) is 0 Å². The van der Waals surface area contributed by atoms with Crippen molar-refractivity contribution in [1.29, 1.82) is 0 Å². The lowest BCUT2D eigenvalue weighted by Crippen LogP contribution is -2.59. The highest BCUT2D eigenvalue weighted by Crippen LogP contribution is 2.43. The van der Waals surface area contributed by atoms with E-state index in [9.17, 15) is 17.6 Å². The third kappa shape index (κ3) is 5.71. The van der Waals surface area contributed by atoms with Crippen LogP contribution < -0.4 is 15.1 Å². The number of piperidine rings is 1. The van der Waals surface area contributed by atoms with Crippen LogP contribution in [0.25, 0.3) is 0 Å². The number of anilines is 2. The lowest BCUT2D eigenvalue weighted by molar-refractivity contribution is 0.0718. The molecule has 3 aromatic carbocycles. The molecule has 1 N–H and O–H groups in total. The molecule has 11 heteroatoms. The van der Waals surface area contributed by atoms with Crippen molar-refractivity contribution >= 4 is 38.9 Å². The minimum Gasteiger partial charge on any atom is -0.367 e. The van der Waals surface area contributed by atoms with E-state index in [1.807, 2.05) is 42.3 Å². The Morgan fingerprint density at radius 1 is 0.867 bits per heavy atom. The zero-order valence-electron chi connectivity index (χ0n) is 25.4. The summed E-state index contributed by atoms with van der Waals surface area (Å²) >= 11 is 6.25. The zero-order chi connectivity index (χ0) is 31.3. The van der Waals surface area contributed by atoms with Crippen molar-refractivity contribution in [3.05, 3.63) is 88.7 Å². The number of hydrogen-bond donors (Lipinski definition) is 1. The molecule has 4 heterocycles. The van der Waals surface area contributed by atoms with E-state index >= 15 is 0 Å². The molecule has 3 aromatic rings. The summed E-state index contributed by atoms with van der Waals surface area (Å²) in [5, 5.41) is 3.44. The Hall–Kier alpha value is -3.18. The van der Waals surface area contributed by atoms with Gasteiger partial charge in [-0.2, -0.15) is 4.31 Å². The number of halogens is 2. The van der Waals surface area contributed by atoms with Crippen LogP contribution in [0.15, 0.2) is 71.6 Å². The molecule has 4 aliphatic rings. The van der Waals surface area contributed by atoms with Crippen LogP contribution in [0.2, 0.25) is 5.02 Å². The molecule has 0 aromatic heterocycles. The molecule has 1 amide bonds. The molecule has 0 radical (unpaired) electrons. The number of nitrogens with one attached hydrogen (secondary N) is 1. The van der Waals surface area contributed by atoms with E-state index in [0.717, 1.165) is 50.1 Å². The molecule has 4 aliphatic heterocycles. The molecule has 7 rings (SSSR count). The third-order valence-corrected chi connectivity index (χ3v) is 12.4. The number of likely N-dealkylation sites (N-methyl/N-ethyl adjacent to an activating group) is 1. The minimum atomic E-state index is -3.69. The van der Waals surface area contributed by atoms with Gasteiger partial charge in [0.15, 0.2) is 0 Å². The molecule has 0 spiro atoms. The third-order valence-electron chi connectivity index (χ3n) is 10.1. The second-order valence-electron chi connectivity index (χ2n) is 12.8. The van der Waals surface area contributed by atoms with Crippen molar-refractivity contribution < 1.29 is 17.6 Å². The molecule has 2 atom stereocenters. The van der Waals surface area contributed by atoms with E-state index in [-0.39, 0.29) is 23.0 Å². The van der Waals surface area contributed by atoms with Crippen molar-refractivity contribution in [2.45, 2.75) is 54.6 Å². The number of benzene rings is 3. The molecular formula is C34H39ClFN5O3S. The first kappa shape index (κ1) is 30.5. The van der Waals surface area contributed by atoms with Crippen molar-refractivity contribution in [3.8, 4) is 0 Å². The van der Waals surface area contributed by atoms with Gasteiger partial charge in [-0.05, 0) is 80.6 Å². The SMILES string of the molecule is CNC1CN(c2ccc(S(=O)(=O)N3CCC(c4ccccc4)CC3)cc2N2[C@@H]3CC[C@H]2CN(C(=O)c2ccc(F)cc2Cl)C3)C1. The number of sulfonamides is 1. The summed E-state index contributed by atoms with van der Waals surface area (Å²) in [6, 6.07) is 20.3. The monoisotopic (exact) mass is 651 g/mol. The normalized spacial score (nSPS) is 23.0. The average molecular weight is 652 g/mol. The number of piperazine rings is 1. The van der Waals surface area contributed by atoms with Crippen LogP contribution >= 0.6 is 11.6 Å². The first-order valence-corrected chi connectivity index (χ1v) is 17.7. The first-order valence-electron chi connectivity index (χ1n) is 15.9. The predicted octanol–water partition coefficient (Wildman–Crippen LogP) is 4.95. The van der Waals surface area contributed by atoms with Gasteiger partial charge in [0.25, 0.3) is 5.91 Å². The number of likely N-dealkylation sites (tertiary alicyclic amines) is 1. The van der Waals surface area contributed by atoms with E-state index in [1.165, 1.54) is 23.8 Å². The molecule has 8 nitrogen and oxygen atoms in total. The van der Waals surface area contributed by atoms with Crippen molar-refractivity contribution in [3.63, 3.8) is 0 Å². The van der Waals surface area contributed by atoms with Gasteiger partial charge >= 0.3 is 0 Å². The fourth-order valence-electron chi connectivity index (χ4n) is 7.59. The average Bonchev–Trinajstić information content (AvgIpc) is 3.29. The Kier molecular flexibility index (Phi) is 8.27. The highest BCUT2D eigenvalue weighted by atomic mass is 35.5. The van der Waals surface area contributed by atoms with E-state index in [0.29, 0.717) is 48.6 Å². The molecule has 4 fully saturated rings. The summed E-state index contributed by atoms with van der Waals surface area (Å²) in [5.41, 5.74) is 3.52. The largest absolute Gasteiger partial charge is 0.367 e. The van der Waals surface area contributed by atoms with Gasteiger partial charge in [0.2, 0.25) is 10.0 Å². The summed E-state index contributed by atoms with van der Waals surface area (Å²) in [4.78, 5) is 20.3. The summed E-state index contributed by atoms with van der Waals surface area (Å²) in [5.74, 6) is -0.316. The number of nitrogens with zero attached hydrogens (tertiary/aromatic N) is 4. The molecule has 0 saturated carbocycles. The maximum Gasteiger partial charge on any atom is 0.255 e. The Balaban J connectivity index is 1.15. The van der Waals surface area contributed by atoms with Crippen LogP contribution in [-0.2, 0) is 10.0 Å². The number of rotatable bonds is 7. The Bertz CT molecular complexity index is 1660. The quantitative estimate of drug-likeness (QED) is 0.390. The van der Waals surface area contributed by atoms with Crippen LogP contribution in [0.5, 0.6) is 0 Å². The topological polar surface area (TPSA) is 76.2 Å². The van der Waals surface area contributed by atoms with Crippen LogP contribution in [0, 0.1) is 5.82 Å². The smallest absolute Gasteiger partial charge is 0.255 e. The lowest BCUT2D eigenvalue weighted by Gasteiger charge is -2.47. The Morgan fingerprint density at radius 2 is 1.56 bits per heavy atom. The van der Waals surface area contributed by atoms with Gasteiger partial charge in [0.1, 0.15) is 5.82 Å². The van der Waals surface area contributed by atoms with E-state index in [1.54, 1.807) is 10.4 Å². The molecule has 0 unspecified atom stereocenters. The maximum atomic E-state index is 14.1. The number of fused-ring (bicyclic) bond motifs is 2. The molecule has 4 saturated heterocycles. The highest BCUT2D eigenvalue weighted by Gasteiger charge is 2.44. The predicted molar refractivity (Wildman–Crippen MR) is 175 cm³/mol. The Morgan fingerprint density at radius 3 is 2.20 bits per heavy atom. The van der Waals surface area contributed by atoms with Crippen LogP contribution in [0.4, 0.5) is 15.8 Å². The fraction of sp³-hybridized carbons (Fsp3) is 0.441. The van der Waals surface area contributed by atoms with Crippen molar-refractivity contribution in [2.24, 2.45) is 0 Å². The first-order chi connectivity index (χ1) is 21.7. The molecule has 45 heavy (non-hydrogen) atoms. The molecular weight excluding hydrogens is 613 g/mol. The second-order valence-corrected chi connectivity index (χ2v) is 15.1. The number of carbonyl (C=O) groups is 1. The van der Waals surface area contributed by atoms with Gasteiger partial charge in [-0.3, -0.25) is 4.79 Å². The van der Waals surface area contributed by atoms with Gasteiger partial charge in [0, 0.05) is 57.4 Å². The fourth-order valence-corrected chi connectivity index (χ4v) is 9.33.